The maximum absolute atomic E-state index is 14.4. The fraction of sp³-hybridized carbons (Fsp3) is 0.571. The van der Waals surface area contributed by atoms with Crippen molar-refractivity contribution in [2.45, 2.75) is 38.8 Å². The van der Waals surface area contributed by atoms with Gasteiger partial charge in [-0.2, -0.15) is 4.98 Å². The van der Waals surface area contributed by atoms with Gasteiger partial charge in [0, 0.05) is 13.3 Å². The van der Waals surface area contributed by atoms with Crippen molar-refractivity contribution in [1.29, 1.82) is 0 Å². The second-order valence-electron chi connectivity index (χ2n) is 5.35. The molecule has 0 aromatic carbocycles. The first-order valence-corrected chi connectivity index (χ1v) is 6.62. The summed E-state index contributed by atoms with van der Waals surface area (Å²) in [6.45, 7) is 5.43. The highest BCUT2D eigenvalue weighted by Gasteiger charge is 2.38. The maximum atomic E-state index is 14.4. The van der Waals surface area contributed by atoms with Crippen LogP contribution in [0.5, 0.6) is 0 Å². The van der Waals surface area contributed by atoms with Gasteiger partial charge in [0.25, 0.3) is 0 Å². The largest absolute Gasteiger partial charge is 0.385 e. The first-order valence-electron chi connectivity index (χ1n) is 6.62. The summed E-state index contributed by atoms with van der Waals surface area (Å²) >= 11 is 0. The van der Waals surface area contributed by atoms with Gasteiger partial charge in [-0.05, 0) is 18.9 Å². The number of methoxy groups -OCH3 is 1. The van der Waals surface area contributed by atoms with Gasteiger partial charge >= 0.3 is 5.69 Å². The molecule has 6 nitrogen and oxygen atoms in total. The minimum atomic E-state index is -2.01. The van der Waals surface area contributed by atoms with Crippen LogP contribution in [-0.4, -0.2) is 33.5 Å². The smallest absolute Gasteiger partial charge is 0.351 e. The van der Waals surface area contributed by atoms with Crippen LogP contribution in [0.2, 0.25) is 0 Å². The monoisotopic (exact) mass is 299 g/mol. The Morgan fingerprint density at radius 3 is 2.67 bits per heavy atom. The molecule has 0 fully saturated rings. The van der Waals surface area contributed by atoms with Crippen LogP contribution in [0.15, 0.2) is 29.2 Å². The van der Waals surface area contributed by atoms with Crippen molar-refractivity contribution in [2.24, 2.45) is 5.92 Å². The molecule has 0 spiro atoms. The highest BCUT2D eigenvalue weighted by molar-refractivity contribution is 5.23. The molecule has 0 aliphatic heterocycles. The Kier molecular flexibility index (Phi) is 5.62. The van der Waals surface area contributed by atoms with Crippen LogP contribution in [0.3, 0.4) is 0 Å². The fourth-order valence-corrected chi connectivity index (χ4v) is 1.71. The first-order chi connectivity index (χ1) is 9.71. The summed E-state index contributed by atoms with van der Waals surface area (Å²) in [6, 6.07) is 1.29. The minimum Gasteiger partial charge on any atom is -0.385 e. The van der Waals surface area contributed by atoms with E-state index in [1.54, 1.807) is 19.1 Å². The molecule has 0 unspecified atom stereocenters. The summed E-state index contributed by atoms with van der Waals surface area (Å²) in [5.74, 6) is 0.206. The van der Waals surface area contributed by atoms with Crippen molar-refractivity contribution < 1.29 is 14.2 Å². The fourth-order valence-electron chi connectivity index (χ4n) is 1.71. The quantitative estimate of drug-likeness (QED) is 0.772. The summed E-state index contributed by atoms with van der Waals surface area (Å²) in [6.07, 6.45) is 0.947. The highest BCUT2D eigenvalue weighted by atomic mass is 19.1. The predicted molar refractivity (Wildman–Crippen MR) is 78.5 cm³/mol. The van der Waals surface area contributed by atoms with Gasteiger partial charge in [0.1, 0.15) is 17.5 Å². The van der Waals surface area contributed by atoms with Crippen LogP contribution in [0.1, 0.15) is 27.1 Å². The summed E-state index contributed by atoms with van der Waals surface area (Å²) < 4.78 is 20.3. The molecule has 0 radical (unpaired) electrons. The molecule has 0 aliphatic carbocycles. The van der Waals surface area contributed by atoms with Gasteiger partial charge < -0.3 is 15.6 Å². The maximum Gasteiger partial charge on any atom is 0.351 e. The van der Waals surface area contributed by atoms with Crippen molar-refractivity contribution in [3.8, 4) is 0 Å². The summed E-state index contributed by atoms with van der Waals surface area (Å²) in [4.78, 5) is 15.1. The van der Waals surface area contributed by atoms with Crippen LogP contribution in [0.25, 0.3) is 0 Å². The lowest BCUT2D eigenvalue weighted by molar-refractivity contribution is -0.108. The van der Waals surface area contributed by atoms with Crippen LogP contribution >= 0.6 is 0 Å². The molecule has 7 heteroatoms. The molecule has 118 valence electrons. The van der Waals surface area contributed by atoms with Crippen LogP contribution in [0.4, 0.5) is 10.2 Å². The van der Waals surface area contributed by atoms with E-state index in [4.69, 9.17) is 10.5 Å². The standard InChI is InChI=1S/C14H22FN3O3/c1-9(2)5-7-14(3,21-4)11(19)12(15)18-8-6-10(16)17-13(18)20/h5-9,11-12,19H,1-4H3,(H2,16,17,20)/b7-5+/t11-,12-,14-/m0/s1. The number of alkyl halides is 1. The zero-order valence-corrected chi connectivity index (χ0v) is 12.7. The molecule has 1 aromatic heterocycles. The second kappa shape index (κ2) is 6.82. The number of nitrogens with zero attached hydrogens (tertiary/aromatic N) is 2. The topological polar surface area (TPSA) is 90.4 Å². The van der Waals surface area contributed by atoms with Gasteiger partial charge in [0.2, 0.25) is 6.30 Å². The number of nitrogen functional groups attached to an aromatic ring is 1. The van der Waals surface area contributed by atoms with Crippen molar-refractivity contribution in [3.05, 3.63) is 34.9 Å². The lowest BCUT2D eigenvalue weighted by Gasteiger charge is -2.32. The van der Waals surface area contributed by atoms with Crippen molar-refractivity contribution in [3.63, 3.8) is 0 Å². The Morgan fingerprint density at radius 1 is 1.57 bits per heavy atom. The Labute approximate surface area is 123 Å². The third-order valence-electron chi connectivity index (χ3n) is 3.22. The third-order valence-corrected chi connectivity index (χ3v) is 3.22. The normalized spacial score (nSPS) is 17.9. The third kappa shape index (κ3) is 4.12. The number of hydrogen-bond acceptors (Lipinski definition) is 5. The Bertz CT molecular complexity index is 559. The Morgan fingerprint density at radius 2 is 2.19 bits per heavy atom. The molecule has 3 N–H and O–H groups in total. The van der Waals surface area contributed by atoms with Crippen molar-refractivity contribution in [2.75, 3.05) is 12.8 Å². The molecular formula is C14H22FN3O3. The second-order valence-corrected chi connectivity index (χ2v) is 5.35. The van der Waals surface area contributed by atoms with E-state index in [-0.39, 0.29) is 11.7 Å². The molecule has 1 rings (SSSR count). The van der Waals surface area contributed by atoms with E-state index in [0.29, 0.717) is 4.57 Å². The van der Waals surface area contributed by atoms with Gasteiger partial charge in [0.15, 0.2) is 0 Å². The SMILES string of the molecule is CO[C@@](C)(/C=C/C(C)C)[C@@H](O)[C@@H](F)n1ccc(N)nc1=O. The average molecular weight is 299 g/mol. The van der Waals surface area contributed by atoms with E-state index in [1.807, 2.05) is 13.8 Å². The number of rotatable bonds is 6. The number of ether oxygens (including phenoxy) is 1. The van der Waals surface area contributed by atoms with E-state index in [2.05, 4.69) is 4.98 Å². The van der Waals surface area contributed by atoms with Gasteiger partial charge in [-0.25, -0.2) is 9.18 Å². The minimum absolute atomic E-state index is 0.00727. The van der Waals surface area contributed by atoms with Crippen molar-refractivity contribution in [1.82, 2.24) is 9.55 Å². The lowest BCUT2D eigenvalue weighted by Crippen LogP contribution is -2.46. The van der Waals surface area contributed by atoms with E-state index in [1.165, 1.54) is 13.2 Å². The van der Waals surface area contributed by atoms with Crippen LogP contribution in [0, 0.1) is 5.92 Å². The summed E-state index contributed by atoms with van der Waals surface area (Å²) in [5.41, 5.74) is 3.21. The summed E-state index contributed by atoms with van der Waals surface area (Å²) in [7, 11) is 1.37. The number of allylic oxidation sites excluding steroid dienone is 1. The molecule has 0 aliphatic rings. The Hall–Kier alpha value is -1.73. The molecule has 3 atom stereocenters. The number of nitrogens with two attached hydrogens (primary N) is 1. The van der Waals surface area contributed by atoms with Gasteiger partial charge in [-0.1, -0.05) is 26.0 Å². The molecule has 1 aromatic rings. The zero-order chi connectivity index (χ0) is 16.2. The highest BCUT2D eigenvalue weighted by Crippen LogP contribution is 2.27. The lowest BCUT2D eigenvalue weighted by atomic mass is 9.95. The molecule has 1 heterocycles. The van der Waals surface area contributed by atoms with Gasteiger partial charge in [-0.15, -0.1) is 0 Å². The number of anilines is 1. The number of aliphatic hydroxyl groups is 1. The molecule has 0 bridgehead atoms. The number of hydrogen-bond donors (Lipinski definition) is 2. The van der Waals surface area contributed by atoms with E-state index in [9.17, 15) is 14.3 Å². The molecule has 21 heavy (non-hydrogen) atoms. The zero-order valence-electron chi connectivity index (χ0n) is 12.7. The first kappa shape index (κ1) is 17.3. The molecular weight excluding hydrogens is 277 g/mol. The van der Waals surface area contributed by atoms with E-state index < -0.39 is 23.7 Å². The number of aliphatic hydroxyl groups excluding tert-OH is 1. The number of aromatic nitrogens is 2. The van der Waals surface area contributed by atoms with Gasteiger partial charge in [0.05, 0.1) is 0 Å². The molecule has 0 amide bonds. The van der Waals surface area contributed by atoms with Gasteiger partial charge in [-0.3, -0.25) is 4.57 Å². The average Bonchev–Trinajstić information content (AvgIpc) is 2.43. The number of halogens is 1. The molecule has 0 saturated carbocycles. The van der Waals surface area contributed by atoms with Crippen LogP contribution < -0.4 is 11.4 Å². The van der Waals surface area contributed by atoms with Crippen LogP contribution in [-0.2, 0) is 4.74 Å². The van der Waals surface area contributed by atoms with E-state index >= 15 is 0 Å². The predicted octanol–water partition coefficient (Wildman–Crippen LogP) is 1.27. The Balaban J connectivity index is 3.09. The molecule has 0 saturated heterocycles. The van der Waals surface area contributed by atoms with Crippen molar-refractivity contribution >= 4 is 5.82 Å². The van der Waals surface area contributed by atoms with E-state index in [0.717, 1.165) is 6.20 Å². The summed E-state index contributed by atoms with van der Waals surface area (Å²) in [5, 5.41) is 10.2.